The van der Waals surface area contributed by atoms with Crippen molar-refractivity contribution in [2.24, 2.45) is 11.1 Å². The summed E-state index contributed by atoms with van der Waals surface area (Å²) in [6.07, 6.45) is -0.473. The number of hydrogen-bond donors (Lipinski definition) is 1. The number of halogens is 2. The first-order chi connectivity index (χ1) is 6.78. The maximum absolute atomic E-state index is 12.9. The van der Waals surface area contributed by atoms with E-state index >= 15 is 0 Å². The predicted octanol–water partition coefficient (Wildman–Crippen LogP) is 1.23. The average molecular weight is 220 g/mol. The number of rotatable bonds is 2. The van der Waals surface area contributed by atoms with Gasteiger partial charge < -0.3 is 10.6 Å². The van der Waals surface area contributed by atoms with Crippen molar-refractivity contribution >= 4 is 5.91 Å². The summed E-state index contributed by atoms with van der Waals surface area (Å²) in [7, 11) is 0. The molecule has 0 aliphatic carbocycles. The molecular weight excluding hydrogens is 202 g/mol. The Kier molecular flexibility index (Phi) is 3.33. The number of carbonyl (C=O) groups is 1. The van der Waals surface area contributed by atoms with E-state index in [0.29, 0.717) is 0 Å². The molecule has 0 saturated carbocycles. The summed E-state index contributed by atoms with van der Waals surface area (Å²) in [4.78, 5) is 13.4. The molecule has 5 heteroatoms. The number of piperidine rings is 1. The Labute approximate surface area is 88.6 Å². The lowest BCUT2D eigenvalue weighted by Crippen LogP contribution is -2.49. The third kappa shape index (κ3) is 2.87. The van der Waals surface area contributed by atoms with Gasteiger partial charge in [0, 0.05) is 32.5 Å². The second-order valence-corrected chi connectivity index (χ2v) is 4.74. The van der Waals surface area contributed by atoms with E-state index in [1.165, 1.54) is 4.90 Å². The molecule has 1 amide bonds. The fourth-order valence-corrected chi connectivity index (χ4v) is 1.55. The zero-order chi connectivity index (χ0) is 11.7. The maximum atomic E-state index is 12.9. The summed E-state index contributed by atoms with van der Waals surface area (Å²) in [6.45, 7) is 3.98. The van der Waals surface area contributed by atoms with Crippen LogP contribution in [0.4, 0.5) is 8.78 Å². The maximum Gasteiger partial charge on any atom is 0.251 e. The molecule has 0 bridgehead atoms. The van der Waals surface area contributed by atoms with Gasteiger partial charge in [0.05, 0.1) is 5.41 Å². The largest absolute Gasteiger partial charge is 0.342 e. The topological polar surface area (TPSA) is 46.3 Å². The molecule has 0 spiro atoms. The molecule has 88 valence electrons. The van der Waals surface area contributed by atoms with Crippen LogP contribution in [0.1, 0.15) is 26.7 Å². The molecule has 1 aliphatic rings. The second kappa shape index (κ2) is 4.04. The van der Waals surface area contributed by atoms with Crippen molar-refractivity contribution in [1.82, 2.24) is 4.90 Å². The number of alkyl halides is 2. The van der Waals surface area contributed by atoms with Gasteiger partial charge in [-0.15, -0.1) is 0 Å². The van der Waals surface area contributed by atoms with Gasteiger partial charge in [-0.3, -0.25) is 4.79 Å². The van der Waals surface area contributed by atoms with Crippen LogP contribution in [0.3, 0.4) is 0 Å². The Balaban J connectivity index is 2.58. The number of hydrogen-bond acceptors (Lipinski definition) is 2. The van der Waals surface area contributed by atoms with Crippen molar-refractivity contribution in [2.45, 2.75) is 32.6 Å². The number of nitrogens with zero attached hydrogens (tertiary/aromatic N) is 1. The molecule has 1 aliphatic heterocycles. The molecule has 0 aromatic carbocycles. The normalized spacial score (nSPS) is 21.5. The second-order valence-electron chi connectivity index (χ2n) is 4.74. The molecule has 1 fully saturated rings. The van der Waals surface area contributed by atoms with Crippen LogP contribution < -0.4 is 5.73 Å². The van der Waals surface area contributed by atoms with Crippen molar-refractivity contribution in [1.29, 1.82) is 0 Å². The minimum atomic E-state index is -2.61. The van der Waals surface area contributed by atoms with Crippen LogP contribution in [-0.2, 0) is 4.79 Å². The van der Waals surface area contributed by atoms with Crippen LogP contribution in [0, 0.1) is 5.41 Å². The molecular formula is C10H18F2N2O. The third-order valence-electron chi connectivity index (χ3n) is 2.87. The summed E-state index contributed by atoms with van der Waals surface area (Å²) < 4.78 is 25.7. The van der Waals surface area contributed by atoms with Crippen LogP contribution in [-0.4, -0.2) is 36.4 Å². The minimum absolute atomic E-state index is 0.125. The summed E-state index contributed by atoms with van der Waals surface area (Å²) in [5, 5.41) is 0. The van der Waals surface area contributed by atoms with Crippen molar-refractivity contribution in [3.8, 4) is 0 Å². The molecule has 0 aromatic heterocycles. The van der Waals surface area contributed by atoms with Gasteiger partial charge in [0.1, 0.15) is 0 Å². The fraction of sp³-hybridized carbons (Fsp3) is 0.900. The molecule has 0 atom stereocenters. The molecule has 0 aromatic rings. The molecule has 1 rings (SSSR count). The Morgan fingerprint density at radius 2 is 1.87 bits per heavy atom. The molecule has 0 unspecified atom stereocenters. The highest BCUT2D eigenvalue weighted by Gasteiger charge is 2.39. The molecule has 3 nitrogen and oxygen atoms in total. The Hall–Kier alpha value is -0.710. The van der Waals surface area contributed by atoms with Gasteiger partial charge >= 0.3 is 0 Å². The van der Waals surface area contributed by atoms with Crippen molar-refractivity contribution in [3.05, 3.63) is 0 Å². The zero-order valence-corrected chi connectivity index (χ0v) is 9.22. The van der Waals surface area contributed by atoms with Gasteiger partial charge in [-0.05, 0) is 13.8 Å². The quantitative estimate of drug-likeness (QED) is 0.760. The highest BCUT2D eigenvalue weighted by molar-refractivity contribution is 5.82. The Morgan fingerprint density at radius 3 is 2.27 bits per heavy atom. The van der Waals surface area contributed by atoms with E-state index in [1.54, 1.807) is 13.8 Å². The molecule has 15 heavy (non-hydrogen) atoms. The van der Waals surface area contributed by atoms with Crippen LogP contribution in [0.2, 0.25) is 0 Å². The molecule has 0 radical (unpaired) electrons. The van der Waals surface area contributed by atoms with Crippen LogP contribution in [0.15, 0.2) is 0 Å². The lowest BCUT2D eigenvalue weighted by atomic mass is 9.90. The van der Waals surface area contributed by atoms with Gasteiger partial charge in [0.15, 0.2) is 0 Å². The smallest absolute Gasteiger partial charge is 0.251 e. The Morgan fingerprint density at radius 1 is 1.40 bits per heavy atom. The van der Waals surface area contributed by atoms with Gasteiger partial charge in [-0.1, -0.05) is 0 Å². The van der Waals surface area contributed by atoms with Crippen molar-refractivity contribution in [3.63, 3.8) is 0 Å². The van der Waals surface area contributed by atoms with Gasteiger partial charge in [0.25, 0.3) is 5.92 Å². The number of likely N-dealkylation sites (tertiary alicyclic amines) is 1. The van der Waals surface area contributed by atoms with Crippen molar-refractivity contribution in [2.75, 3.05) is 19.6 Å². The van der Waals surface area contributed by atoms with E-state index in [1.807, 2.05) is 0 Å². The number of carbonyl (C=O) groups excluding carboxylic acids is 1. The van der Waals surface area contributed by atoms with E-state index in [2.05, 4.69) is 0 Å². The first kappa shape index (κ1) is 12.4. The predicted molar refractivity (Wildman–Crippen MR) is 53.6 cm³/mol. The average Bonchev–Trinajstić information content (AvgIpc) is 2.17. The standard InChI is InChI=1S/C10H18F2N2O/c1-9(2,7-13)8(15)14-5-3-10(11,12)4-6-14/h3-7,13H2,1-2H3. The van der Waals surface area contributed by atoms with Crippen LogP contribution in [0.5, 0.6) is 0 Å². The van der Waals surface area contributed by atoms with Gasteiger partial charge in [0.2, 0.25) is 5.91 Å². The highest BCUT2D eigenvalue weighted by Crippen LogP contribution is 2.29. The van der Waals surface area contributed by atoms with E-state index in [9.17, 15) is 13.6 Å². The lowest BCUT2D eigenvalue weighted by molar-refractivity contribution is -0.145. The van der Waals surface area contributed by atoms with Crippen LogP contribution in [0.25, 0.3) is 0 Å². The van der Waals surface area contributed by atoms with Gasteiger partial charge in [-0.25, -0.2) is 8.78 Å². The molecule has 1 saturated heterocycles. The van der Waals surface area contributed by atoms with E-state index in [-0.39, 0.29) is 38.4 Å². The van der Waals surface area contributed by atoms with Crippen molar-refractivity contribution < 1.29 is 13.6 Å². The third-order valence-corrected chi connectivity index (χ3v) is 2.87. The summed E-state index contributed by atoms with van der Waals surface area (Å²) in [5.41, 5.74) is 4.83. The molecule has 2 N–H and O–H groups in total. The highest BCUT2D eigenvalue weighted by atomic mass is 19.3. The Bertz CT molecular complexity index is 244. The van der Waals surface area contributed by atoms with E-state index < -0.39 is 11.3 Å². The van der Waals surface area contributed by atoms with E-state index in [4.69, 9.17) is 5.73 Å². The van der Waals surface area contributed by atoms with Gasteiger partial charge in [-0.2, -0.15) is 0 Å². The fourth-order valence-electron chi connectivity index (χ4n) is 1.55. The summed E-state index contributed by atoms with van der Waals surface area (Å²) >= 11 is 0. The summed E-state index contributed by atoms with van der Waals surface area (Å²) in [5.74, 6) is -2.73. The SMILES string of the molecule is CC(C)(CN)C(=O)N1CCC(F)(F)CC1. The first-order valence-electron chi connectivity index (χ1n) is 5.16. The van der Waals surface area contributed by atoms with E-state index in [0.717, 1.165) is 0 Å². The summed E-state index contributed by atoms with van der Waals surface area (Å²) in [6, 6.07) is 0. The number of amides is 1. The zero-order valence-electron chi connectivity index (χ0n) is 9.22. The van der Waals surface area contributed by atoms with Crippen LogP contribution >= 0.6 is 0 Å². The number of nitrogens with two attached hydrogens (primary N) is 1. The first-order valence-corrected chi connectivity index (χ1v) is 5.16. The monoisotopic (exact) mass is 220 g/mol. The lowest BCUT2D eigenvalue weighted by Gasteiger charge is -2.36. The molecule has 1 heterocycles. The minimum Gasteiger partial charge on any atom is -0.342 e.